The van der Waals surface area contributed by atoms with Gasteiger partial charge in [-0.25, -0.2) is 24.4 Å². The van der Waals surface area contributed by atoms with Gasteiger partial charge in [0.2, 0.25) is 11.6 Å². The van der Waals surface area contributed by atoms with Crippen molar-refractivity contribution in [2.45, 2.75) is 37.5 Å². The maximum atomic E-state index is 13.4. The molecule has 0 aromatic carbocycles. The van der Waals surface area contributed by atoms with E-state index in [1.165, 1.54) is 23.7 Å². The highest BCUT2D eigenvalue weighted by Crippen LogP contribution is 2.40. The van der Waals surface area contributed by atoms with Crippen LogP contribution < -0.4 is 21.0 Å². The van der Waals surface area contributed by atoms with E-state index in [1.807, 2.05) is 27.5 Å². The molecule has 0 spiro atoms. The van der Waals surface area contributed by atoms with E-state index in [-0.39, 0.29) is 39.8 Å². The Morgan fingerprint density at radius 3 is 2.69 bits per heavy atom. The number of thioether (sulfide) groups is 1. The highest BCUT2D eigenvalue weighted by Gasteiger charge is 2.55. The number of ether oxygens (including phenoxy) is 1. The summed E-state index contributed by atoms with van der Waals surface area (Å²) < 4.78 is 8.95. The molecule has 0 radical (unpaired) electrons. The van der Waals surface area contributed by atoms with Gasteiger partial charge in [0.05, 0.1) is 6.54 Å². The van der Waals surface area contributed by atoms with Gasteiger partial charge in [-0.3, -0.25) is 19.9 Å². The van der Waals surface area contributed by atoms with Crippen molar-refractivity contribution < 1.29 is 48.3 Å². The van der Waals surface area contributed by atoms with Crippen LogP contribution in [0.25, 0.3) is 11.0 Å². The van der Waals surface area contributed by atoms with Gasteiger partial charge < -0.3 is 35.4 Å². The number of carbonyl (C=O) groups excluding carboxylic acids is 3. The van der Waals surface area contributed by atoms with Crippen molar-refractivity contribution in [2.75, 3.05) is 32.2 Å². The zero-order valence-corrected chi connectivity index (χ0v) is 28.5. The number of aliphatic carboxylic acids is 2. The van der Waals surface area contributed by atoms with Crippen LogP contribution in [0.4, 0.5) is 9.93 Å². The number of amides is 3. The Balaban J connectivity index is 1.32. The lowest BCUT2D eigenvalue weighted by Crippen LogP contribution is -2.71. The van der Waals surface area contributed by atoms with E-state index < -0.39 is 53.1 Å². The van der Waals surface area contributed by atoms with Crippen LogP contribution >= 0.6 is 34.7 Å². The summed E-state index contributed by atoms with van der Waals surface area (Å²) >= 11 is 8.29. The third kappa shape index (κ3) is 7.56. The number of β-lactam (4-membered cyclic amide) rings is 1. The standard InChI is InChI=1S/C28H30ClN9O9S2/c1-13(25(41)42)47-34-18(17-21(29)49-27(30)32-17)22(39)31-19-23(40)38-20(26(43)44)14(12-48-24(19)38)11-37-7-4-5-15-16(37)6-8-36(15)9-10-46-28(45)33-35(2)3/h4-8,13,19,24H,9-12H2,1-3H3,(H5-,30,31,32,33,39,41,42,43,44,45)/p+1/b34-18-/t13-,19+,24+/m0/s1. The fourth-order valence-corrected chi connectivity index (χ4v) is 7.32. The molecule has 260 valence electrons. The molecule has 3 amide bonds. The number of pyridine rings is 1. The van der Waals surface area contributed by atoms with Gasteiger partial charge in [-0.15, -0.1) is 11.8 Å². The highest BCUT2D eigenvalue weighted by molar-refractivity contribution is 8.00. The predicted octanol–water partition coefficient (Wildman–Crippen LogP) is 0.456. The summed E-state index contributed by atoms with van der Waals surface area (Å²) in [5.74, 6) is -4.04. The molecule has 6 N–H and O–H groups in total. The molecule has 21 heteroatoms. The number of anilines is 1. The number of nitrogens with zero attached hydrogens (tertiary/aromatic N) is 6. The molecule has 1 fully saturated rings. The minimum absolute atomic E-state index is 0.00748. The monoisotopic (exact) mass is 736 g/mol. The molecule has 0 bridgehead atoms. The van der Waals surface area contributed by atoms with Crippen molar-refractivity contribution in [1.82, 2.24) is 30.2 Å². The number of halogens is 1. The first kappa shape index (κ1) is 35.4. The molecule has 3 aromatic rings. The number of nitrogen functional groups attached to an aromatic ring is 1. The number of fused-ring (bicyclic) bond motifs is 2. The number of hydrogen-bond donors (Lipinski definition) is 5. The Bertz CT molecular complexity index is 1890. The Hall–Kier alpha value is -4.92. The van der Waals surface area contributed by atoms with Crippen LogP contribution in [0.5, 0.6) is 0 Å². The summed E-state index contributed by atoms with van der Waals surface area (Å²) in [6.45, 7) is 1.85. The second kappa shape index (κ2) is 14.7. The Morgan fingerprint density at radius 1 is 1.29 bits per heavy atom. The molecular formula is C28H31ClN9O9S2+. The Morgan fingerprint density at radius 2 is 2.04 bits per heavy atom. The van der Waals surface area contributed by atoms with Gasteiger partial charge in [-0.2, -0.15) is 4.57 Å². The number of rotatable bonds is 13. The van der Waals surface area contributed by atoms with Crippen LogP contribution in [0.2, 0.25) is 4.34 Å². The van der Waals surface area contributed by atoms with Gasteiger partial charge in [0, 0.05) is 43.8 Å². The van der Waals surface area contributed by atoms with Crippen LogP contribution in [0.15, 0.2) is 47.0 Å². The minimum Gasteiger partial charge on any atom is -0.478 e. The summed E-state index contributed by atoms with van der Waals surface area (Å²) in [6.07, 6.45) is 1.62. The first-order valence-corrected chi connectivity index (χ1v) is 16.7. The second-order valence-electron chi connectivity index (χ2n) is 10.9. The van der Waals surface area contributed by atoms with E-state index >= 15 is 0 Å². The molecule has 49 heavy (non-hydrogen) atoms. The van der Waals surface area contributed by atoms with E-state index in [0.29, 0.717) is 12.1 Å². The topological polar surface area (TPSA) is 235 Å². The van der Waals surface area contributed by atoms with Gasteiger partial charge >= 0.3 is 18.0 Å². The van der Waals surface area contributed by atoms with Crippen molar-refractivity contribution in [2.24, 2.45) is 5.16 Å². The summed E-state index contributed by atoms with van der Waals surface area (Å²) in [5, 5.41) is 26.3. The molecular weight excluding hydrogens is 706 g/mol. The van der Waals surface area contributed by atoms with Gasteiger partial charge in [0.1, 0.15) is 39.3 Å². The molecule has 5 heterocycles. The molecule has 3 atom stereocenters. The third-order valence-corrected chi connectivity index (χ3v) is 9.71. The number of oxime groups is 1. The van der Waals surface area contributed by atoms with Gasteiger partial charge in [-0.1, -0.05) is 28.1 Å². The molecule has 3 aromatic heterocycles. The maximum Gasteiger partial charge on any atom is 0.421 e. The molecule has 5 rings (SSSR count). The van der Waals surface area contributed by atoms with Crippen LogP contribution in [-0.4, -0.2) is 109 Å². The number of carbonyl (C=O) groups is 5. The molecule has 2 aliphatic rings. The van der Waals surface area contributed by atoms with Crippen molar-refractivity contribution in [3.05, 3.63) is 51.9 Å². The number of hydrogen-bond acceptors (Lipinski definition) is 13. The van der Waals surface area contributed by atoms with Crippen LogP contribution in [0.3, 0.4) is 0 Å². The van der Waals surface area contributed by atoms with Gasteiger partial charge in [-0.05, 0) is 13.0 Å². The lowest BCUT2D eigenvalue weighted by atomic mass is 10.0. The van der Waals surface area contributed by atoms with Crippen molar-refractivity contribution in [3.8, 4) is 0 Å². The number of carboxylic acid groups (broad SMARTS) is 2. The second-order valence-corrected chi connectivity index (χ2v) is 13.6. The maximum absolute atomic E-state index is 13.4. The summed E-state index contributed by atoms with van der Waals surface area (Å²) in [6, 6.07) is 4.41. The fourth-order valence-electron chi connectivity index (χ4n) is 5.05. The fraction of sp³-hybridized carbons (Fsp3) is 0.357. The SMILES string of the molecule is C[C@H](O/N=C(\C(=O)N[C@@H]1C(=O)N2C(C(=O)O)=C(C[n+]3cccc4c3ccn4CCOC(=O)NN(C)C)CS[C@H]12)c1nc(N)sc1Cl)C(=O)O. The average molecular weight is 737 g/mol. The highest BCUT2D eigenvalue weighted by atomic mass is 35.5. The number of hydrazine groups is 1. The molecule has 0 saturated carbocycles. The number of aromatic nitrogens is 3. The number of nitrogens with one attached hydrogen (secondary N) is 2. The smallest absolute Gasteiger partial charge is 0.421 e. The Kier molecular flexibility index (Phi) is 10.6. The quantitative estimate of drug-likeness (QED) is 0.0695. The Labute approximate surface area is 291 Å². The van der Waals surface area contributed by atoms with E-state index in [1.54, 1.807) is 26.4 Å². The zero-order chi connectivity index (χ0) is 35.6. The number of thiazole rings is 1. The summed E-state index contributed by atoms with van der Waals surface area (Å²) in [7, 11) is 3.33. The van der Waals surface area contributed by atoms with E-state index in [2.05, 4.69) is 20.9 Å². The van der Waals surface area contributed by atoms with Gasteiger partial charge in [0.25, 0.3) is 11.8 Å². The molecule has 0 aliphatic carbocycles. The van der Waals surface area contributed by atoms with Crippen molar-refractivity contribution in [1.29, 1.82) is 0 Å². The lowest BCUT2D eigenvalue weighted by Gasteiger charge is -2.49. The average Bonchev–Trinajstić information content (AvgIpc) is 3.61. The largest absolute Gasteiger partial charge is 0.478 e. The third-order valence-electron chi connectivity index (χ3n) is 7.28. The zero-order valence-electron chi connectivity index (χ0n) is 26.2. The lowest BCUT2D eigenvalue weighted by molar-refractivity contribution is -0.663. The molecule has 1 saturated heterocycles. The van der Waals surface area contributed by atoms with Crippen LogP contribution in [-0.2, 0) is 41.8 Å². The van der Waals surface area contributed by atoms with E-state index in [9.17, 15) is 29.1 Å². The first-order chi connectivity index (χ1) is 23.3. The van der Waals surface area contributed by atoms with E-state index in [4.69, 9.17) is 32.0 Å². The summed E-state index contributed by atoms with van der Waals surface area (Å²) in [5.41, 5.74) is 9.43. The molecule has 0 unspecified atom stereocenters. The molecule has 18 nitrogen and oxygen atoms in total. The van der Waals surface area contributed by atoms with E-state index in [0.717, 1.165) is 27.3 Å². The first-order valence-electron chi connectivity index (χ1n) is 14.4. The minimum atomic E-state index is -1.42. The normalized spacial score (nSPS) is 18.2. The van der Waals surface area contributed by atoms with Gasteiger partial charge in [0.15, 0.2) is 23.6 Å². The van der Waals surface area contributed by atoms with Crippen molar-refractivity contribution in [3.63, 3.8) is 0 Å². The summed E-state index contributed by atoms with van der Waals surface area (Å²) in [4.78, 5) is 72.3. The molecule has 2 aliphatic heterocycles. The predicted molar refractivity (Wildman–Crippen MR) is 176 cm³/mol. The number of carboxylic acids is 2. The van der Waals surface area contributed by atoms with Crippen molar-refractivity contribution >= 4 is 86.4 Å². The van der Waals surface area contributed by atoms with Crippen LogP contribution in [0.1, 0.15) is 12.6 Å². The number of nitrogens with two attached hydrogens (primary N) is 1. The van der Waals surface area contributed by atoms with Crippen LogP contribution in [0, 0.1) is 0 Å².